The highest BCUT2D eigenvalue weighted by Crippen LogP contribution is 2.33. The lowest BCUT2D eigenvalue weighted by Crippen LogP contribution is -2.60. The molecule has 24 heavy (non-hydrogen) atoms. The fourth-order valence-electron chi connectivity index (χ4n) is 4.31. The monoisotopic (exact) mass is 338 g/mol. The second-order valence-corrected chi connectivity index (χ2v) is 7.42. The van der Waals surface area contributed by atoms with Gasteiger partial charge in [-0.05, 0) is 19.3 Å². The van der Waals surface area contributed by atoms with Gasteiger partial charge < -0.3 is 20.1 Å². The number of hydrogen-bond donors (Lipinski definition) is 2. The summed E-state index contributed by atoms with van der Waals surface area (Å²) in [7, 11) is 1.86. The number of ether oxygens (including phenoxy) is 2. The summed E-state index contributed by atoms with van der Waals surface area (Å²) in [6.07, 6.45) is 7.78. The Hall–Kier alpha value is -0.850. The van der Waals surface area contributed by atoms with Crippen molar-refractivity contribution < 1.29 is 9.47 Å². The first kappa shape index (κ1) is 18.0. The van der Waals surface area contributed by atoms with E-state index in [0.29, 0.717) is 5.92 Å². The molecule has 0 aromatic rings. The van der Waals surface area contributed by atoms with Crippen LogP contribution in [-0.4, -0.2) is 76.1 Å². The second-order valence-electron chi connectivity index (χ2n) is 7.42. The first-order valence-corrected chi connectivity index (χ1v) is 9.67. The molecule has 1 saturated carbocycles. The van der Waals surface area contributed by atoms with Crippen molar-refractivity contribution in [3.63, 3.8) is 0 Å². The molecule has 1 atom stereocenters. The highest BCUT2D eigenvalue weighted by molar-refractivity contribution is 5.79. The summed E-state index contributed by atoms with van der Waals surface area (Å²) in [6.45, 7) is 7.57. The summed E-state index contributed by atoms with van der Waals surface area (Å²) in [4.78, 5) is 7.09. The van der Waals surface area contributed by atoms with Gasteiger partial charge in [-0.25, -0.2) is 0 Å². The molecule has 1 aliphatic carbocycles. The molecule has 2 aliphatic heterocycles. The Balaban J connectivity index is 1.53. The van der Waals surface area contributed by atoms with E-state index in [9.17, 15) is 0 Å². The zero-order valence-electron chi connectivity index (χ0n) is 15.2. The van der Waals surface area contributed by atoms with Gasteiger partial charge in [-0.1, -0.05) is 19.3 Å². The van der Waals surface area contributed by atoms with E-state index in [2.05, 4.69) is 20.5 Å². The Labute approximate surface area is 146 Å². The van der Waals surface area contributed by atoms with Crippen LogP contribution in [0.25, 0.3) is 0 Å². The van der Waals surface area contributed by atoms with Gasteiger partial charge in [0.25, 0.3) is 0 Å². The Kier molecular flexibility index (Phi) is 6.75. The van der Waals surface area contributed by atoms with Crippen molar-refractivity contribution in [3.05, 3.63) is 0 Å². The fourth-order valence-corrected chi connectivity index (χ4v) is 4.31. The first-order valence-electron chi connectivity index (χ1n) is 9.67. The van der Waals surface area contributed by atoms with E-state index in [1.165, 1.54) is 32.1 Å². The number of nitrogens with one attached hydrogen (secondary N) is 2. The molecule has 138 valence electrons. The molecule has 1 unspecified atom stereocenters. The Morgan fingerprint density at radius 3 is 2.54 bits per heavy atom. The topological polar surface area (TPSA) is 58.1 Å². The zero-order chi connectivity index (χ0) is 16.7. The van der Waals surface area contributed by atoms with Gasteiger partial charge in [-0.2, -0.15) is 0 Å². The van der Waals surface area contributed by atoms with Crippen molar-refractivity contribution in [3.8, 4) is 0 Å². The molecule has 2 saturated heterocycles. The third-order valence-corrected chi connectivity index (χ3v) is 5.86. The van der Waals surface area contributed by atoms with E-state index < -0.39 is 0 Å². The molecule has 6 heteroatoms. The number of aliphatic imine (C=N–C) groups is 1. The molecular formula is C18H34N4O2. The molecule has 2 N–H and O–H groups in total. The predicted molar refractivity (Wildman–Crippen MR) is 96.5 cm³/mol. The standard InChI is InChI=1S/C18H34N4O2/c1-19-17(20-13-16-5-10-24-14-16)21-15-18(6-3-2-4-7-18)22-8-11-23-12-9-22/h16H,2-15H2,1H3,(H2,19,20,21). The van der Waals surface area contributed by atoms with Gasteiger partial charge in [0.1, 0.15) is 0 Å². The van der Waals surface area contributed by atoms with Crippen LogP contribution in [-0.2, 0) is 9.47 Å². The van der Waals surface area contributed by atoms with Gasteiger partial charge in [0.15, 0.2) is 5.96 Å². The maximum absolute atomic E-state index is 5.57. The summed E-state index contributed by atoms with van der Waals surface area (Å²) in [5.41, 5.74) is 0.274. The van der Waals surface area contributed by atoms with E-state index >= 15 is 0 Å². The Morgan fingerprint density at radius 1 is 1.08 bits per heavy atom. The molecule has 0 amide bonds. The first-order chi connectivity index (χ1) is 11.8. The van der Waals surface area contributed by atoms with Gasteiger partial charge in [-0.3, -0.25) is 9.89 Å². The smallest absolute Gasteiger partial charge is 0.191 e. The minimum Gasteiger partial charge on any atom is -0.381 e. The fraction of sp³-hybridized carbons (Fsp3) is 0.944. The van der Waals surface area contributed by atoms with Gasteiger partial charge in [0.2, 0.25) is 0 Å². The van der Waals surface area contributed by atoms with Crippen molar-refractivity contribution in [1.29, 1.82) is 0 Å². The maximum atomic E-state index is 5.57. The highest BCUT2D eigenvalue weighted by Gasteiger charge is 2.38. The molecule has 0 bridgehead atoms. The number of morpholine rings is 1. The molecule has 0 spiro atoms. The minimum absolute atomic E-state index is 0.274. The van der Waals surface area contributed by atoms with Crippen molar-refractivity contribution in [1.82, 2.24) is 15.5 Å². The summed E-state index contributed by atoms with van der Waals surface area (Å²) in [5.74, 6) is 1.55. The van der Waals surface area contributed by atoms with Gasteiger partial charge in [0, 0.05) is 51.3 Å². The molecule has 0 aromatic carbocycles. The van der Waals surface area contributed by atoms with Crippen LogP contribution >= 0.6 is 0 Å². The third kappa shape index (κ3) is 4.61. The number of guanidine groups is 1. The van der Waals surface area contributed by atoms with Crippen molar-refractivity contribution in [2.75, 3.05) is 59.7 Å². The number of rotatable bonds is 5. The van der Waals surface area contributed by atoms with E-state index in [-0.39, 0.29) is 5.54 Å². The largest absolute Gasteiger partial charge is 0.381 e. The predicted octanol–water partition coefficient (Wildman–Crippen LogP) is 1.22. The van der Waals surface area contributed by atoms with Gasteiger partial charge >= 0.3 is 0 Å². The maximum Gasteiger partial charge on any atom is 0.191 e. The molecule has 0 aromatic heterocycles. The number of nitrogens with zero attached hydrogens (tertiary/aromatic N) is 2. The third-order valence-electron chi connectivity index (χ3n) is 5.86. The van der Waals surface area contributed by atoms with Crippen LogP contribution in [0.5, 0.6) is 0 Å². The van der Waals surface area contributed by atoms with Crippen molar-refractivity contribution in [2.45, 2.75) is 44.1 Å². The van der Waals surface area contributed by atoms with E-state index in [1.54, 1.807) is 0 Å². The molecule has 3 rings (SSSR count). The van der Waals surface area contributed by atoms with Crippen LogP contribution in [0.4, 0.5) is 0 Å². The van der Waals surface area contributed by atoms with Crippen molar-refractivity contribution in [2.24, 2.45) is 10.9 Å². The second kappa shape index (κ2) is 9.02. The average molecular weight is 338 g/mol. The summed E-state index contributed by atoms with van der Waals surface area (Å²) in [6, 6.07) is 0. The van der Waals surface area contributed by atoms with Crippen LogP contribution < -0.4 is 10.6 Å². The minimum atomic E-state index is 0.274. The SMILES string of the molecule is CN=C(NCC1CCOC1)NCC1(N2CCOCC2)CCCCC1. The summed E-state index contributed by atoms with van der Waals surface area (Å²) < 4.78 is 11.0. The quantitative estimate of drug-likeness (QED) is 0.583. The highest BCUT2D eigenvalue weighted by atomic mass is 16.5. The van der Waals surface area contributed by atoms with Crippen LogP contribution in [0.1, 0.15) is 38.5 Å². The van der Waals surface area contributed by atoms with Crippen molar-refractivity contribution >= 4 is 5.96 Å². The normalized spacial score (nSPS) is 28.7. The van der Waals surface area contributed by atoms with Crippen LogP contribution in [0, 0.1) is 5.92 Å². The van der Waals surface area contributed by atoms with Crippen LogP contribution in [0.3, 0.4) is 0 Å². The van der Waals surface area contributed by atoms with Crippen LogP contribution in [0.2, 0.25) is 0 Å². The zero-order valence-corrected chi connectivity index (χ0v) is 15.2. The summed E-state index contributed by atoms with van der Waals surface area (Å²) in [5, 5.41) is 7.10. The average Bonchev–Trinajstić information content (AvgIpc) is 3.17. The molecule has 3 aliphatic rings. The lowest BCUT2D eigenvalue weighted by Gasteiger charge is -2.48. The number of hydrogen-bond acceptors (Lipinski definition) is 4. The molecule has 0 radical (unpaired) electrons. The lowest BCUT2D eigenvalue weighted by molar-refractivity contribution is -0.0352. The van der Waals surface area contributed by atoms with E-state index in [0.717, 1.165) is 65.0 Å². The molecule has 3 fully saturated rings. The van der Waals surface area contributed by atoms with Gasteiger partial charge in [-0.15, -0.1) is 0 Å². The molecular weight excluding hydrogens is 304 g/mol. The molecule has 2 heterocycles. The van der Waals surface area contributed by atoms with Crippen LogP contribution in [0.15, 0.2) is 4.99 Å². The summed E-state index contributed by atoms with van der Waals surface area (Å²) >= 11 is 0. The Morgan fingerprint density at radius 2 is 1.88 bits per heavy atom. The molecule has 6 nitrogen and oxygen atoms in total. The lowest BCUT2D eigenvalue weighted by atomic mass is 9.80. The van der Waals surface area contributed by atoms with Gasteiger partial charge in [0.05, 0.1) is 19.8 Å². The Bertz CT molecular complexity index is 398. The van der Waals surface area contributed by atoms with E-state index in [4.69, 9.17) is 9.47 Å². The van der Waals surface area contributed by atoms with E-state index in [1.807, 2.05) is 7.05 Å².